The third-order valence-electron chi connectivity index (χ3n) is 5.66. The van der Waals surface area contributed by atoms with Crippen LogP contribution in [-0.4, -0.2) is 51.6 Å². The Hall–Kier alpha value is -3.42. The number of benzene rings is 1. The molecule has 1 aliphatic heterocycles. The van der Waals surface area contributed by atoms with Crippen LogP contribution in [0.2, 0.25) is 0 Å². The van der Waals surface area contributed by atoms with Gasteiger partial charge in [0.05, 0.1) is 17.9 Å². The third kappa shape index (κ3) is 4.90. The van der Waals surface area contributed by atoms with Gasteiger partial charge < -0.3 is 20.9 Å². The van der Waals surface area contributed by atoms with Crippen molar-refractivity contribution in [1.29, 1.82) is 0 Å². The molecule has 2 aromatic rings. The van der Waals surface area contributed by atoms with Crippen LogP contribution in [0.15, 0.2) is 42.6 Å². The van der Waals surface area contributed by atoms with E-state index in [1.807, 2.05) is 62.9 Å². The van der Waals surface area contributed by atoms with Gasteiger partial charge in [-0.05, 0) is 31.0 Å². The van der Waals surface area contributed by atoms with Gasteiger partial charge in [0, 0.05) is 24.5 Å². The molecule has 0 bridgehead atoms. The summed E-state index contributed by atoms with van der Waals surface area (Å²) in [5.74, 6) is -1.01. The van der Waals surface area contributed by atoms with E-state index in [9.17, 15) is 14.4 Å². The van der Waals surface area contributed by atoms with E-state index >= 15 is 0 Å². The zero-order valence-electron chi connectivity index (χ0n) is 19.3. The van der Waals surface area contributed by atoms with E-state index in [-0.39, 0.29) is 18.5 Å². The van der Waals surface area contributed by atoms with Crippen LogP contribution in [0, 0.1) is 12.3 Å². The Balaban J connectivity index is 1.87. The van der Waals surface area contributed by atoms with Gasteiger partial charge in [-0.15, -0.1) is 0 Å². The Morgan fingerprint density at radius 3 is 2.34 bits per heavy atom. The number of nitrogens with zero attached hydrogens (tertiary/aromatic N) is 3. The summed E-state index contributed by atoms with van der Waals surface area (Å²) >= 11 is 0. The van der Waals surface area contributed by atoms with Gasteiger partial charge in [0.2, 0.25) is 5.91 Å². The second-order valence-electron chi connectivity index (χ2n) is 9.32. The summed E-state index contributed by atoms with van der Waals surface area (Å²) in [6.07, 6.45) is 1.42. The van der Waals surface area contributed by atoms with Gasteiger partial charge in [-0.2, -0.15) is 0 Å². The monoisotopic (exact) mass is 437 g/mol. The molecule has 3 rings (SSSR count). The maximum atomic E-state index is 13.2. The molecule has 0 radical (unpaired) electrons. The molecule has 3 amide bonds. The lowest BCUT2D eigenvalue weighted by Gasteiger charge is -2.46. The zero-order chi connectivity index (χ0) is 23.6. The lowest BCUT2D eigenvalue weighted by Crippen LogP contribution is -2.60. The van der Waals surface area contributed by atoms with E-state index in [4.69, 9.17) is 5.73 Å². The molecule has 32 heavy (non-hydrogen) atoms. The number of anilines is 2. The molecule has 1 aromatic carbocycles. The smallest absolute Gasteiger partial charge is 0.313 e. The first-order valence-corrected chi connectivity index (χ1v) is 10.7. The number of piperazine rings is 1. The first kappa shape index (κ1) is 23.2. The molecule has 0 spiro atoms. The summed E-state index contributed by atoms with van der Waals surface area (Å²) in [5, 5.41) is 2.62. The van der Waals surface area contributed by atoms with Crippen molar-refractivity contribution in [1.82, 2.24) is 14.8 Å². The molecule has 170 valence electrons. The highest BCUT2D eigenvalue weighted by molar-refractivity contribution is 6.39. The average Bonchev–Trinajstić information content (AvgIpc) is 2.75. The predicted molar refractivity (Wildman–Crippen MR) is 124 cm³/mol. The molecule has 1 fully saturated rings. The molecule has 3 N–H and O–H groups in total. The summed E-state index contributed by atoms with van der Waals surface area (Å²) in [6, 6.07) is 10.5. The summed E-state index contributed by atoms with van der Waals surface area (Å²) in [6.45, 7) is 9.90. The molecule has 0 unspecified atom stereocenters. The lowest BCUT2D eigenvalue weighted by atomic mass is 9.91. The molecule has 1 saturated heterocycles. The van der Waals surface area contributed by atoms with E-state index in [2.05, 4.69) is 10.3 Å². The standard InChI is InChI=1S/C24H31N5O3/c1-15-11-18(12-26-20(15)25)27-21(30)22(31)29-13-16(2)28(23(32)24(3,4)5)14-19(29)17-9-7-6-8-10-17/h6-12,16,19H,13-14H2,1-5H3,(H2,25,26)(H,27,30)/t16-,19-/m1/s1. The minimum atomic E-state index is -0.750. The second kappa shape index (κ2) is 8.98. The van der Waals surface area contributed by atoms with Gasteiger partial charge in [0.15, 0.2) is 0 Å². The quantitative estimate of drug-likeness (QED) is 0.703. The fraction of sp³-hybridized carbons (Fsp3) is 0.417. The van der Waals surface area contributed by atoms with Gasteiger partial charge in [-0.1, -0.05) is 51.1 Å². The maximum Gasteiger partial charge on any atom is 0.313 e. The topological polar surface area (TPSA) is 109 Å². The molecule has 1 aromatic heterocycles. The number of nitrogen functional groups attached to an aromatic ring is 1. The number of amides is 3. The summed E-state index contributed by atoms with van der Waals surface area (Å²) in [7, 11) is 0. The van der Waals surface area contributed by atoms with E-state index < -0.39 is 23.3 Å². The molecule has 1 aliphatic rings. The largest absolute Gasteiger partial charge is 0.383 e. The number of nitrogens with two attached hydrogens (primary N) is 1. The van der Waals surface area contributed by atoms with Gasteiger partial charge >= 0.3 is 11.8 Å². The van der Waals surface area contributed by atoms with Gasteiger partial charge in [0.25, 0.3) is 0 Å². The van der Waals surface area contributed by atoms with Gasteiger partial charge in [-0.25, -0.2) is 4.98 Å². The van der Waals surface area contributed by atoms with Gasteiger partial charge in [0.1, 0.15) is 5.82 Å². The van der Waals surface area contributed by atoms with E-state index in [0.717, 1.165) is 5.56 Å². The summed E-state index contributed by atoms with van der Waals surface area (Å²) in [4.78, 5) is 46.5. The number of nitrogens with one attached hydrogen (secondary N) is 1. The Morgan fingerprint density at radius 2 is 1.75 bits per heavy atom. The normalized spacial score (nSPS) is 18.9. The van der Waals surface area contributed by atoms with Crippen molar-refractivity contribution in [2.24, 2.45) is 5.41 Å². The number of carbonyl (C=O) groups is 3. The Bertz CT molecular complexity index is 1020. The average molecular weight is 438 g/mol. The highest BCUT2D eigenvalue weighted by Crippen LogP contribution is 2.31. The highest BCUT2D eigenvalue weighted by Gasteiger charge is 2.41. The minimum Gasteiger partial charge on any atom is -0.383 e. The van der Waals surface area contributed by atoms with Crippen molar-refractivity contribution < 1.29 is 14.4 Å². The maximum absolute atomic E-state index is 13.2. The van der Waals surface area contributed by atoms with Crippen molar-refractivity contribution in [2.45, 2.75) is 46.7 Å². The first-order valence-electron chi connectivity index (χ1n) is 10.7. The lowest BCUT2D eigenvalue weighted by molar-refractivity contribution is -0.154. The molecule has 2 heterocycles. The number of rotatable bonds is 2. The predicted octanol–water partition coefficient (Wildman–Crippen LogP) is 2.76. The fourth-order valence-electron chi connectivity index (χ4n) is 3.84. The fourth-order valence-corrected chi connectivity index (χ4v) is 3.84. The van der Waals surface area contributed by atoms with Crippen LogP contribution in [0.3, 0.4) is 0 Å². The molecule has 8 heteroatoms. The van der Waals surface area contributed by atoms with Crippen LogP contribution in [0.5, 0.6) is 0 Å². The van der Waals surface area contributed by atoms with Crippen molar-refractivity contribution in [3.63, 3.8) is 0 Å². The number of aromatic nitrogens is 1. The molecular weight excluding hydrogens is 406 g/mol. The van der Waals surface area contributed by atoms with Crippen LogP contribution in [0.1, 0.15) is 44.9 Å². The van der Waals surface area contributed by atoms with E-state index in [1.54, 1.807) is 17.9 Å². The van der Waals surface area contributed by atoms with Crippen LogP contribution in [0.4, 0.5) is 11.5 Å². The molecule has 0 aliphatic carbocycles. The molecular formula is C24H31N5O3. The van der Waals surface area contributed by atoms with Crippen molar-refractivity contribution in [3.8, 4) is 0 Å². The van der Waals surface area contributed by atoms with Gasteiger partial charge in [-0.3, -0.25) is 14.4 Å². The van der Waals surface area contributed by atoms with Crippen LogP contribution in [0.25, 0.3) is 0 Å². The Labute approximate surface area is 188 Å². The van der Waals surface area contributed by atoms with Crippen molar-refractivity contribution in [3.05, 3.63) is 53.7 Å². The first-order chi connectivity index (χ1) is 15.0. The number of hydrogen-bond donors (Lipinski definition) is 2. The van der Waals surface area contributed by atoms with Crippen molar-refractivity contribution >= 4 is 29.2 Å². The van der Waals surface area contributed by atoms with Crippen LogP contribution >= 0.6 is 0 Å². The number of carbonyl (C=O) groups excluding carboxylic acids is 3. The Morgan fingerprint density at radius 1 is 1.09 bits per heavy atom. The SMILES string of the molecule is Cc1cc(NC(=O)C(=O)N2C[C@@H](C)N(C(=O)C(C)(C)C)C[C@@H]2c2ccccc2)cnc1N. The molecule has 8 nitrogen and oxygen atoms in total. The minimum absolute atomic E-state index is 0.0194. The zero-order valence-corrected chi connectivity index (χ0v) is 19.3. The third-order valence-corrected chi connectivity index (χ3v) is 5.66. The van der Waals surface area contributed by atoms with E-state index in [0.29, 0.717) is 23.6 Å². The summed E-state index contributed by atoms with van der Waals surface area (Å²) < 4.78 is 0. The second-order valence-corrected chi connectivity index (χ2v) is 9.32. The number of pyridine rings is 1. The molecule has 2 atom stereocenters. The van der Waals surface area contributed by atoms with Crippen molar-refractivity contribution in [2.75, 3.05) is 24.1 Å². The number of aryl methyl sites for hydroxylation is 1. The van der Waals surface area contributed by atoms with Crippen LogP contribution < -0.4 is 11.1 Å². The van der Waals surface area contributed by atoms with Crippen LogP contribution in [-0.2, 0) is 14.4 Å². The highest BCUT2D eigenvalue weighted by atomic mass is 16.2. The van der Waals surface area contributed by atoms with E-state index in [1.165, 1.54) is 6.20 Å². The summed E-state index contributed by atoms with van der Waals surface area (Å²) in [5.41, 5.74) is 7.17. The number of hydrogen-bond acceptors (Lipinski definition) is 5. The Kier molecular flexibility index (Phi) is 6.52. The molecule has 0 saturated carbocycles.